The highest BCUT2D eigenvalue weighted by molar-refractivity contribution is 6.10. The summed E-state index contributed by atoms with van der Waals surface area (Å²) >= 11 is 0. The number of rotatable bonds is 3. The molecule has 170 valence electrons. The van der Waals surface area contributed by atoms with Crippen molar-refractivity contribution < 1.29 is 13.4 Å². The molecule has 0 amide bonds. The minimum atomic E-state index is -0.282. The molecule has 35 heavy (non-hydrogen) atoms. The third-order valence-electron chi connectivity index (χ3n) is 6.87. The van der Waals surface area contributed by atoms with Gasteiger partial charge in [-0.05, 0) is 53.8 Å². The lowest BCUT2D eigenvalue weighted by molar-refractivity contribution is -0.660. The average molecular weight is 459 g/mol. The summed E-state index contributed by atoms with van der Waals surface area (Å²) in [7, 11) is 2.02. The van der Waals surface area contributed by atoms with Gasteiger partial charge in [-0.25, -0.2) is 8.96 Å². The molecule has 2 aromatic heterocycles. The van der Waals surface area contributed by atoms with Crippen molar-refractivity contribution in [2.24, 2.45) is 7.05 Å². The van der Waals surface area contributed by atoms with Crippen molar-refractivity contribution in [1.29, 1.82) is 0 Å². The average Bonchev–Trinajstić information content (AvgIpc) is 3.22. The first kappa shape index (κ1) is 21.3. The third kappa shape index (κ3) is 3.52. The van der Waals surface area contributed by atoms with Gasteiger partial charge >= 0.3 is 0 Å². The van der Waals surface area contributed by atoms with Gasteiger partial charge in [-0.1, -0.05) is 60.7 Å². The Balaban J connectivity index is 1.55. The molecule has 0 saturated carbocycles. The summed E-state index contributed by atoms with van der Waals surface area (Å²) in [4.78, 5) is 0. The molecule has 0 spiro atoms. The van der Waals surface area contributed by atoms with Crippen LogP contribution in [0.5, 0.6) is 0 Å². The van der Waals surface area contributed by atoms with Crippen LogP contribution in [0.15, 0.2) is 102 Å². The molecule has 4 aromatic carbocycles. The van der Waals surface area contributed by atoms with Crippen molar-refractivity contribution in [3.05, 3.63) is 114 Å². The van der Waals surface area contributed by atoms with Gasteiger partial charge in [0.2, 0.25) is 5.69 Å². The van der Waals surface area contributed by atoms with Crippen LogP contribution in [0.1, 0.15) is 11.1 Å². The number of aryl methyl sites for hydroxylation is 3. The Kier molecular flexibility index (Phi) is 5.00. The molecule has 0 saturated heterocycles. The number of furan rings is 1. The number of fused-ring (bicyclic) bond motifs is 3. The van der Waals surface area contributed by atoms with E-state index in [9.17, 15) is 0 Å². The lowest BCUT2D eigenvalue weighted by Crippen LogP contribution is -2.30. The molecule has 0 N–H and O–H groups in total. The van der Waals surface area contributed by atoms with E-state index in [0.717, 1.165) is 55.4 Å². The van der Waals surface area contributed by atoms with Crippen molar-refractivity contribution in [2.75, 3.05) is 0 Å². The molecule has 0 aliphatic heterocycles. The van der Waals surface area contributed by atoms with Crippen LogP contribution in [-0.2, 0) is 7.05 Å². The topological polar surface area (TPSA) is 17.0 Å². The van der Waals surface area contributed by atoms with Gasteiger partial charge < -0.3 is 4.42 Å². The number of hydrogen-bond acceptors (Lipinski definition) is 1. The lowest BCUT2D eigenvalue weighted by atomic mass is 9.94. The normalized spacial score (nSPS) is 11.4. The van der Waals surface area contributed by atoms with E-state index in [4.69, 9.17) is 4.42 Å². The zero-order chi connectivity index (χ0) is 24.1. The molecule has 0 aliphatic carbocycles. The van der Waals surface area contributed by atoms with Crippen LogP contribution in [0.25, 0.3) is 55.4 Å². The van der Waals surface area contributed by atoms with Gasteiger partial charge in [0.05, 0.1) is 5.56 Å². The monoisotopic (exact) mass is 458 g/mol. The Morgan fingerprint density at radius 1 is 0.686 bits per heavy atom. The molecule has 0 atom stereocenters. The number of hydrogen-bond donors (Lipinski definition) is 0. The van der Waals surface area contributed by atoms with Gasteiger partial charge in [-0.3, -0.25) is 0 Å². The molecule has 6 aromatic rings. The first-order valence-electron chi connectivity index (χ1n) is 11.8. The van der Waals surface area contributed by atoms with Crippen LogP contribution in [-0.4, -0.2) is 0 Å². The summed E-state index contributed by atoms with van der Waals surface area (Å²) < 4.78 is 23.8. The molecular weight excluding hydrogens is 433 g/mol. The number of halogens is 1. The van der Waals surface area contributed by atoms with Gasteiger partial charge in [-0.2, -0.15) is 0 Å². The Morgan fingerprint density at radius 3 is 2.26 bits per heavy atom. The molecule has 0 unspecified atom stereocenters. The van der Waals surface area contributed by atoms with E-state index in [2.05, 4.69) is 54.0 Å². The zero-order valence-corrected chi connectivity index (χ0v) is 20.0. The molecular formula is C32H25FNO+. The van der Waals surface area contributed by atoms with Crippen molar-refractivity contribution in [3.63, 3.8) is 0 Å². The highest BCUT2D eigenvalue weighted by atomic mass is 19.1. The van der Waals surface area contributed by atoms with E-state index in [1.165, 1.54) is 6.07 Å². The van der Waals surface area contributed by atoms with Crippen LogP contribution < -0.4 is 4.57 Å². The predicted molar refractivity (Wildman–Crippen MR) is 141 cm³/mol. The fourth-order valence-electron chi connectivity index (χ4n) is 5.04. The Hall–Kier alpha value is -4.24. The maximum atomic E-state index is 15.4. The van der Waals surface area contributed by atoms with Gasteiger partial charge in [0.15, 0.2) is 6.20 Å². The summed E-state index contributed by atoms with van der Waals surface area (Å²) in [6.45, 7) is 4.12. The maximum Gasteiger partial charge on any atom is 0.216 e. The molecule has 3 heteroatoms. The first-order chi connectivity index (χ1) is 17.0. The summed E-state index contributed by atoms with van der Waals surface area (Å²) in [6.07, 6.45) is 2.02. The van der Waals surface area contributed by atoms with Crippen LogP contribution in [0.4, 0.5) is 4.39 Å². The molecule has 0 fully saturated rings. The standard InChI is InChI=1S/C32H25FNO/c1-20-12-14-25-27-18-26(24-15-13-23(17-21(24)2)22-9-5-4-6-10-22)28(33)19-30(27)35-32(25)31(20)29-11-7-8-16-34(29)3/h4-19H,1-3H3/q+1. The molecule has 0 radical (unpaired) electrons. The predicted octanol–water partition coefficient (Wildman–Crippen LogP) is 8.17. The van der Waals surface area contributed by atoms with Crippen LogP contribution in [0.2, 0.25) is 0 Å². The molecule has 2 heterocycles. The zero-order valence-electron chi connectivity index (χ0n) is 20.0. The Bertz CT molecular complexity index is 1730. The number of pyridine rings is 1. The van der Waals surface area contributed by atoms with Crippen molar-refractivity contribution in [1.82, 2.24) is 0 Å². The fourth-order valence-corrected chi connectivity index (χ4v) is 5.04. The number of nitrogens with zero attached hydrogens (tertiary/aromatic N) is 1. The fraction of sp³-hybridized carbons (Fsp3) is 0.0938. The highest BCUT2D eigenvalue weighted by Gasteiger charge is 2.21. The summed E-state index contributed by atoms with van der Waals surface area (Å²) in [5.41, 5.74) is 9.34. The van der Waals surface area contributed by atoms with Gasteiger partial charge in [0.25, 0.3) is 0 Å². The second kappa shape index (κ2) is 8.21. The highest BCUT2D eigenvalue weighted by Crippen LogP contribution is 2.40. The van der Waals surface area contributed by atoms with Gasteiger partial charge in [0.1, 0.15) is 24.0 Å². The molecule has 6 rings (SSSR count). The van der Waals surface area contributed by atoms with E-state index >= 15 is 4.39 Å². The Labute approximate surface area is 203 Å². The molecule has 0 bridgehead atoms. The minimum Gasteiger partial charge on any atom is -0.455 e. The van der Waals surface area contributed by atoms with E-state index in [-0.39, 0.29) is 5.82 Å². The minimum absolute atomic E-state index is 0.282. The largest absolute Gasteiger partial charge is 0.455 e. The quantitative estimate of drug-likeness (QED) is 0.244. The van der Waals surface area contributed by atoms with Crippen molar-refractivity contribution in [3.8, 4) is 33.5 Å². The van der Waals surface area contributed by atoms with E-state index in [0.29, 0.717) is 11.1 Å². The van der Waals surface area contributed by atoms with Crippen molar-refractivity contribution >= 4 is 21.9 Å². The van der Waals surface area contributed by atoms with Crippen molar-refractivity contribution in [2.45, 2.75) is 13.8 Å². The summed E-state index contributed by atoms with van der Waals surface area (Å²) in [6, 6.07) is 30.2. The smallest absolute Gasteiger partial charge is 0.216 e. The number of aromatic nitrogens is 1. The van der Waals surface area contributed by atoms with Crippen LogP contribution in [0, 0.1) is 19.7 Å². The van der Waals surface area contributed by atoms with Crippen LogP contribution in [0.3, 0.4) is 0 Å². The maximum absolute atomic E-state index is 15.4. The number of benzene rings is 4. The summed E-state index contributed by atoms with van der Waals surface area (Å²) in [5.74, 6) is -0.282. The lowest BCUT2D eigenvalue weighted by Gasteiger charge is -2.10. The van der Waals surface area contributed by atoms with Gasteiger partial charge in [-0.15, -0.1) is 0 Å². The second-order valence-corrected chi connectivity index (χ2v) is 9.16. The van der Waals surface area contributed by atoms with Gasteiger partial charge in [0, 0.05) is 34.5 Å². The first-order valence-corrected chi connectivity index (χ1v) is 11.8. The molecule has 0 aliphatic rings. The van der Waals surface area contributed by atoms with E-state index < -0.39 is 0 Å². The molecule has 2 nitrogen and oxygen atoms in total. The Morgan fingerprint density at radius 2 is 1.49 bits per heavy atom. The van der Waals surface area contributed by atoms with E-state index in [1.807, 2.05) is 62.6 Å². The summed E-state index contributed by atoms with van der Waals surface area (Å²) in [5, 5.41) is 1.91. The third-order valence-corrected chi connectivity index (χ3v) is 6.87. The van der Waals surface area contributed by atoms with E-state index in [1.54, 1.807) is 0 Å². The van der Waals surface area contributed by atoms with Crippen LogP contribution >= 0.6 is 0 Å². The SMILES string of the molecule is Cc1cc(-c2ccccc2)ccc1-c1cc2c(cc1F)oc1c(-c3cccc[n+]3C)c(C)ccc12. The second-order valence-electron chi connectivity index (χ2n) is 9.16.